The molecule has 4 rings (SSSR count). The minimum atomic E-state index is -0.442. The molecule has 8 heteroatoms. The van der Waals surface area contributed by atoms with Crippen LogP contribution in [0.4, 0.5) is 10.5 Å². The first-order chi connectivity index (χ1) is 11.7. The summed E-state index contributed by atoms with van der Waals surface area (Å²) < 4.78 is 10.8. The summed E-state index contributed by atoms with van der Waals surface area (Å²) in [4.78, 5) is 29.4. The monoisotopic (exact) mass is 328 g/mol. The predicted octanol–water partition coefficient (Wildman–Crippen LogP) is 1.69. The summed E-state index contributed by atoms with van der Waals surface area (Å²) >= 11 is 0. The van der Waals surface area contributed by atoms with Crippen molar-refractivity contribution in [2.75, 3.05) is 24.7 Å². The number of benzene rings is 1. The van der Waals surface area contributed by atoms with Gasteiger partial charge in [0.15, 0.2) is 5.82 Å². The number of carbonyl (C=O) groups excluding carboxylic acids is 2. The highest BCUT2D eigenvalue weighted by molar-refractivity contribution is 6.07. The predicted molar refractivity (Wildman–Crippen MR) is 83.4 cm³/mol. The fourth-order valence-corrected chi connectivity index (χ4v) is 2.93. The smallest absolute Gasteiger partial charge is 0.328 e. The lowest BCUT2D eigenvalue weighted by Crippen LogP contribution is -2.49. The number of aromatic nitrogens is 2. The van der Waals surface area contributed by atoms with Crippen LogP contribution in [0.25, 0.3) is 11.5 Å². The Bertz CT molecular complexity index is 782. The highest BCUT2D eigenvalue weighted by Crippen LogP contribution is 2.32. The minimum absolute atomic E-state index is 0.144. The lowest BCUT2D eigenvalue weighted by atomic mass is 10.1. The summed E-state index contributed by atoms with van der Waals surface area (Å²) in [5, 5.41) is 6.37. The lowest BCUT2D eigenvalue weighted by molar-refractivity contribution is -0.120. The summed E-state index contributed by atoms with van der Waals surface area (Å²) in [6.45, 7) is 1.61. The zero-order chi connectivity index (χ0) is 16.5. The summed E-state index contributed by atoms with van der Waals surface area (Å²) in [6.07, 6.45) is 1.13. The van der Waals surface area contributed by atoms with Gasteiger partial charge < -0.3 is 9.26 Å². The van der Waals surface area contributed by atoms with Crippen LogP contribution < -0.4 is 10.2 Å². The molecule has 3 amide bonds. The van der Waals surface area contributed by atoms with Gasteiger partial charge in [0.2, 0.25) is 5.91 Å². The zero-order valence-electron chi connectivity index (χ0n) is 12.9. The molecule has 2 aliphatic rings. The molecule has 2 fully saturated rings. The topological polar surface area (TPSA) is 97.6 Å². The van der Waals surface area contributed by atoms with Crippen LogP contribution in [0.15, 0.2) is 28.8 Å². The summed E-state index contributed by atoms with van der Waals surface area (Å²) in [5.41, 5.74) is 1.31. The first-order valence-corrected chi connectivity index (χ1v) is 7.84. The molecular formula is C16H16N4O4. The maximum atomic E-state index is 12.1. The fourth-order valence-electron chi connectivity index (χ4n) is 2.93. The van der Waals surface area contributed by atoms with E-state index in [9.17, 15) is 9.59 Å². The molecule has 1 N–H and O–H groups in total. The summed E-state index contributed by atoms with van der Waals surface area (Å²) in [6, 6.07) is 6.84. The number of para-hydroxylation sites is 1. The molecule has 0 saturated carbocycles. The molecule has 1 aromatic carbocycles. The van der Waals surface area contributed by atoms with Crippen molar-refractivity contribution in [1.29, 1.82) is 0 Å². The van der Waals surface area contributed by atoms with Gasteiger partial charge in [0.05, 0.1) is 17.9 Å². The maximum Gasteiger partial charge on any atom is 0.328 e. The van der Waals surface area contributed by atoms with Crippen LogP contribution >= 0.6 is 0 Å². The number of hydrogen-bond acceptors (Lipinski definition) is 6. The van der Waals surface area contributed by atoms with Crippen molar-refractivity contribution in [3.05, 3.63) is 30.1 Å². The van der Waals surface area contributed by atoms with Crippen LogP contribution in [0.5, 0.6) is 0 Å². The van der Waals surface area contributed by atoms with E-state index in [-0.39, 0.29) is 18.2 Å². The Hall–Kier alpha value is -2.74. The van der Waals surface area contributed by atoms with E-state index < -0.39 is 6.03 Å². The highest BCUT2D eigenvalue weighted by atomic mass is 16.5. The first kappa shape index (κ1) is 14.8. The van der Waals surface area contributed by atoms with Gasteiger partial charge in [-0.25, -0.2) is 4.79 Å². The molecule has 2 aliphatic heterocycles. The molecule has 3 heterocycles. The second-order valence-corrected chi connectivity index (χ2v) is 5.79. The Balaban J connectivity index is 1.66. The van der Waals surface area contributed by atoms with Crippen LogP contribution in [0.2, 0.25) is 0 Å². The third kappa shape index (κ3) is 2.65. The average Bonchev–Trinajstić information content (AvgIpc) is 3.26. The van der Waals surface area contributed by atoms with Crippen LogP contribution in [-0.4, -0.2) is 41.8 Å². The molecule has 8 nitrogen and oxygen atoms in total. The zero-order valence-corrected chi connectivity index (χ0v) is 12.9. The van der Waals surface area contributed by atoms with Crippen molar-refractivity contribution < 1.29 is 18.8 Å². The van der Waals surface area contributed by atoms with Crippen molar-refractivity contribution in [3.63, 3.8) is 0 Å². The van der Waals surface area contributed by atoms with E-state index in [2.05, 4.69) is 15.5 Å². The number of ether oxygens (including phenoxy) is 1. The van der Waals surface area contributed by atoms with Gasteiger partial charge in [0.1, 0.15) is 0 Å². The van der Waals surface area contributed by atoms with Crippen LogP contribution in [-0.2, 0) is 9.53 Å². The van der Waals surface area contributed by atoms with Gasteiger partial charge in [-0.2, -0.15) is 4.98 Å². The van der Waals surface area contributed by atoms with Crippen molar-refractivity contribution in [1.82, 2.24) is 15.5 Å². The molecule has 1 atom stereocenters. The van der Waals surface area contributed by atoms with E-state index in [1.165, 1.54) is 4.90 Å². The molecule has 2 saturated heterocycles. The maximum absolute atomic E-state index is 12.1. The third-order valence-electron chi connectivity index (χ3n) is 4.22. The standard InChI is InChI=1S/C16H16N4O4/c21-13-5-7-20(16(22)17-13)12-4-2-1-3-11(12)15-18-14(19-24-15)10-6-8-23-9-10/h1-4,10H,5-9H2,(H,17,21,22)/t10-/m0/s1. The number of urea groups is 1. The third-order valence-corrected chi connectivity index (χ3v) is 4.22. The van der Waals surface area contributed by atoms with Gasteiger partial charge in [0, 0.05) is 25.5 Å². The van der Waals surface area contributed by atoms with Gasteiger partial charge in [-0.1, -0.05) is 17.3 Å². The Kier molecular flexibility index (Phi) is 3.73. The van der Waals surface area contributed by atoms with E-state index in [0.29, 0.717) is 42.7 Å². The number of amides is 3. The van der Waals surface area contributed by atoms with E-state index in [4.69, 9.17) is 9.26 Å². The van der Waals surface area contributed by atoms with E-state index >= 15 is 0 Å². The molecule has 0 bridgehead atoms. The van der Waals surface area contributed by atoms with E-state index in [1.54, 1.807) is 6.07 Å². The Morgan fingerprint density at radius 1 is 1.25 bits per heavy atom. The van der Waals surface area contributed by atoms with Gasteiger partial charge >= 0.3 is 6.03 Å². The quantitative estimate of drug-likeness (QED) is 0.921. The van der Waals surface area contributed by atoms with E-state index in [0.717, 1.165) is 6.42 Å². The lowest BCUT2D eigenvalue weighted by Gasteiger charge is -2.27. The Labute approximate surface area is 137 Å². The number of imide groups is 1. The largest absolute Gasteiger partial charge is 0.381 e. The normalized spacial score (nSPS) is 21.2. The molecule has 24 heavy (non-hydrogen) atoms. The number of anilines is 1. The fraction of sp³-hybridized carbons (Fsp3) is 0.375. The Morgan fingerprint density at radius 2 is 2.12 bits per heavy atom. The van der Waals surface area contributed by atoms with Gasteiger partial charge in [-0.05, 0) is 18.6 Å². The van der Waals surface area contributed by atoms with Gasteiger partial charge in [-0.15, -0.1) is 0 Å². The summed E-state index contributed by atoms with van der Waals surface area (Å²) in [7, 11) is 0. The number of nitrogens with zero attached hydrogens (tertiary/aromatic N) is 3. The average molecular weight is 328 g/mol. The van der Waals surface area contributed by atoms with Crippen molar-refractivity contribution >= 4 is 17.6 Å². The SMILES string of the molecule is O=C1CCN(c2ccccc2-c2nc([C@H]3CCOC3)no2)C(=O)N1. The van der Waals surface area contributed by atoms with Crippen molar-refractivity contribution in [2.24, 2.45) is 0 Å². The van der Waals surface area contributed by atoms with Gasteiger partial charge in [-0.3, -0.25) is 15.0 Å². The first-order valence-electron chi connectivity index (χ1n) is 7.84. The molecular weight excluding hydrogens is 312 g/mol. The van der Waals surface area contributed by atoms with Crippen LogP contribution in [0.3, 0.4) is 0 Å². The van der Waals surface area contributed by atoms with Gasteiger partial charge in [0.25, 0.3) is 5.89 Å². The molecule has 124 valence electrons. The molecule has 0 spiro atoms. The Morgan fingerprint density at radius 3 is 2.92 bits per heavy atom. The van der Waals surface area contributed by atoms with Crippen LogP contribution in [0.1, 0.15) is 24.6 Å². The van der Waals surface area contributed by atoms with Crippen molar-refractivity contribution in [3.8, 4) is 11.5 Å². The second-order valence-electron chi connectivity index (χ2n) is 5.79. The molecule has 1 aromatic heterocycles. The van der Waals surface area contributed by atoms with E-state index in [1.807, 2.05) is 18.2 Å². The number of hydrogen-bond donors (Lipinski definition) is 1. The van der Waals surface area contributed by atoms with Crippen LogP contribution in [0, 0.1) is 0 Å². The number of rotatable bonds is 3. The highest BCUT2D eigenvalue weighted by Gasteiger charge is 2.28. The minimum Gasteiger partial charge on any atom is -0.381 e. The second kappa shape index (κ2) is 6.04. The number of carbonyl (C=O) groups is 2. The molecule has 0 unspecified atom stereocenters. The molecule has 2 aromatic rings. The molecule has 0 aliphatic carbocycles. The number of nitrogens with one attached hydrogen (secondary N) is 1. The molecule has 0 radical (unpaired) electrons. The van der Waals surface area contributed by atoms with Crippen molar-refractivity contribution in [2.45, 2.75) is 18.8 Å². The summed E-state index contributed by atoms with van der Waals surface area (Å²) in [5.74, 6) is 0.855.